The van der Waals surface area contributed by atoms with E-state index in [4.69, 9.17) is 5.73 Å². The zero-order chi connectivity index (χ0) is 8.27. The van der Waals surface area contributed by atoms with E-state index in [-0.39, 0.29) is 0 Å². The van der Waals surface area contributed by atoms with Gasteiger partial charge in [0.1, 0.15) is 0 Å². The molecule has 3 N–H and O–H groups in total. The average Bonchev–Trinajstić information content (AvgIpc) is 1.93. The van der Waals surface area contributed by atoms with Crippen LogP contribution in [0.25, 0.3) is 0 Å². The average molecular weight is 156 g/mol. The molecule has 1 fully saturated rings. The molecule has 1 aliphatic rings. The summed E-state index contributed by atoms with van der Waals surface area (Å²) in [5, 5.41) is 3.51. The summed E-state index contributed by atoms with van der Waals surface area (Å²) in [7, 11) is 0. The molecule has 0 amide bonds. The van der Waals surface area contributed by atoms with Crippen LogP contribution in [0, 0.1) is 0 Å². The number of nitrogens with one attached hydrogen (secondary N) is 1. The van der Waals surface area contributed by atoms with Crippen molar-refractivity contribution in [1.82, 2.24) is 5.32 Å². The normalized spacial score (nSPS) is 32.7. The van der Waals surface area contributed by atoms with Crippen LogP contribution in [-0.2, 0) is 0 Å². The molecule has 0 bridgehead atoms. The van der Waals surface area contributed by atoms with Gasteiger partial charge in [-0.2, -0.15) is 0 Å². The molecule has 1 saturated carbocycles. The fraction of sp³-hybridized carbons (Fsp3) is 1.00. The first-order valence-corrected chi connectivity index (χ1v) is 4.72. The first-order chi connectivity index (χ1) is 5.20. The smallest absolute Gasteiger partial charge is 0.0221 e. The van der Waals surface area contributed by atoms with Crippen LogP contribution in [0.3, 0.4) is 0 Å². The van der Waals surface area contributed by atoms with Crippen LogP contribution < -0.4 is 11.1 Å². The van der Waals surface area contributed by atoms with Crippen LogP contribution in [0.4, 0.5) is 0 Å². The summed E-state index contributed by atoms with van der Waals surface area (Å²) in [6, 6.07) is 1.54. The van der Waals surface area contributed by atoms with Gasteiger partial charge in [0.05, 0.1) is 0 Å². The van der Waals surface area contributed by atoms with Crippen molar-refractivity contribution in [1.29, 1.82) is 0 Å². The number of nitrogens with two attached hydrogens (primary N) is 1. The highest BCUT2D eigenvalue weighted by Gasteiger charge is 2.21. The third kappa shape index (κ3) is 2.80. The van der Waals surface area contributed by atoms with E-state index >= 15 is 0 Å². The Bertz CT molecular complexity index is 112. The van der Waals surface area contributed by atoms with Crippen molar-refractivity contribution in [2.75, 3.05) is 0 Å². The van der Waals surface area contributed by atoms with Crippen molar-refractivity contribution in [3.8, 4) is 0 Å². The summed E-state index contributed by atoms with van der Waals surface area (Å²) >= 11 is 0. The van der Waals surface area contributed by atoms with Crippen molar-refractivity contribution >= 4 is 0 Å². The maximum absolute atomic E-state index is 5.96. The third-order valence-corrected chi connectivity index (χ3v) is 2.37. The van der Waals surface area contributed by atoms with Crippen molar-refractivity contribution in [2.45, 2.75) is 57.7 Å². The minimum absolute atomic E-state index is 0.395. The molecule has 0 aromatic rings. The highest BCUT2D eigenvalue weighted by molar-refractivity contribution is 4.84. The fourth-order valence-electron chi connectivity index (χ4n) is 1.79. The maximum atomic E-state index is 5.96. The van der Waals surface area contributed by atoms with Gasteiger partial charge in [-0.05, 0) is 12.8 Å². The fourth-order valence-corrected chi connectivity index (χ4v) is 1.79. The molecule has 1 rings (SSSR count). The molecule has 0 unspecified atom stereocenters. The molecular weight excluding hydrogens is 136 g/mol. The van der Waals surface area contributed by atoms with E-state index in [2.05, 4.69) is 19.2 Å². The summed E-state index contributed by atoms with van der Waals surface area (Å²) < 4.78 is 0. The molecule has 0 aromatic carbocycles. The van der Waals surface area contributed by atoms with E-state index in [1.54, 1.807) is 0 Å². The lowest BCUT2D eigenvalue weighted by Gasteiger charge is -2.30. The van der Waals surface area contributed by atoms with Crippen LogP contribution in [-0.4, -0.2) is 18.1 Å². The van der Waals surface area contributed by atoms with E-state index in [1.165, 1.54) is 25.7 Å². The largest absolute Gasteiger partial charge is 0.326 e. The molecule has 11 heavy (non-hydrogen) atoms. The van der Waals surface area contributed by atoms with Crippen molar-refractivity contribution in [2.24, 2.45) is 5.73 Å². The predicted octanol–water partition coefficient (Wildman–Crippen LogP) is 1.25. The predicted molar refractivity (Wildman–Crippen MR) is 48.5 cm³/mol. The van der Waals surface area contributed by atoms with Crippen LogP contribution in [0.5, 0.6) is 0 Å². The van der Waals surface area contributed by atoms with Crippen LogP contribution in [0.15, 0.2) is 0 Å². The first-order valence-electron chi connectivity index (χ1n) is 4.72. The molecular formula is C9H20N2. The Morgan fingerprint density at radius 3 is 2.45 bits per heavy atom. The highest BCUT2D eigenvalue weighted by atomic mass is 15.0. The van der Waals surface area contributed by atoms with Crippen molar-refractivity contribution in [3.05, 3.63) is 0 Å². The molecule has 2 atom stereocenters. The van der Waals surface area contributed by atoms with Gasteiger partial charge in [0.25, 0.3) is 0 Å². The zero-order valence-corrected chi connectivity index (χ0v) is 7.64. The molecule has 66 valence electrons. The van der Waals surface area contributed by atoms with Gasteiger partial charge in [0.15, 0.2) is 0 Å². The Labute approximate surface area is 69.5 Å². The third-order valence-electron chi connectivity index (χ3n) is 2.37. The Balaban J connectivity index is 2.29. The summed E-state index contributed by atoms with van der Waals surface area (Å²) in [4.78, 5) is 0. The molecule has 2 nitrogen and oxygen atoms in total. The van der Waals surface area contributed by atoms with Gasteiger partial charge in [0.2, 0.25) is 0 Å². The standard InChI is InChI=1S/C9H20N2/c1-7(2)11-9-6-4-3-5-8(9)10/h7-9,11H,3-6,10H2,1-2H3/t8-,9-/m1/s1. The SMILES string of the molecule is CC(C)N[C@@H]1CCCC[C@H]1N. The Morgan fingerprint density at radius 1 is 1.27 bits per heavy atom. The molecule has 1 aliphatic carbocycles. The van der Waals surface area contributed by atoms with E-state index in [0.29, 0.717) is 18.1 Å². The summed E-state index contributed by atoms with van der Waals surface area (Å²) in [6.07, 6.45) is 5.12. The van der Waals surface area contributed by atoms with Crippen LogP contribution >= 0.6 is 0 Å². The van der Waals surface area contributed by atoms with Crippen LogP contribution in [0.2, 0.25) is 0 Å². The van der Waals surface area contributed by atoms with E-state index < -0.39 is 0 Å². The zero-order valence-electron chi connectivity index (χ0n) is 7.64. The molecule has 0 spiro atoms. The van der Waals surface area contributed by atoms with E-state index in [1.807, 2.05) is 0 Å². The lowest BCUT2D eigenvalue weighted by molar-refractivity contribution is 0.311. The van der Waals surface area contributed by atoms with E-state index in [9.17, 15) is 0 Å². The van der Waals surface area contributed by atoms with Gasteiger partial charge in [-0.3, -0.25) is 0 Å². The number of rotatable bonds is 2. The summed E-state index contributed by atoms with van der Waals surface area (Å²) in [5.74, 6) is 0. The van der Waals surface area contributed by atoms with Crippen LogP contribution in [0.1, 0.15) is 39.5 Å². The number of hydrogen-bond acceptors (Lipinski definition) is 2. The van der Waals surface area contributed by atoms with Gasteiger partial charge in [-0.1, -0.05) is 26.7 Å². The Hall–Kier alpha value is -0.0800. The summed E-state index contributed by atoms with van der Waals surface area (Å²) in [6.45, 7) is 4.36. The molecule has 0 aliphatic heterocycles. The van der Waals surface area contributed by atoms with Crippen molar-refractivity contribution < 1.29 is 0 Å². The minimum atomic E-state index is 0.395. The second kappa shape index (κ2) is 4.07. The molecule has 2 heteroatoms. The lowest BCUT2D eigenvalue weighted by atomic mass is 9.90. The first kappa shape index (κ1) is 9.01. The van der Waals surface area contributed by atoms with Gasteiger partial charge in [-0.25, -0.2) is 0 Å². The van der Waals surface area contributed by atoms with E-state index in [0.717, 1.165) is 0 Å². The number of hydrogen-bond donors (Lipinski definition) is 2. The second-order valence-electron chi connectivity index (χ2n) is 3.88. The molecule has 0 saturated heterocycles. The molecule has 0 heterocycles. The monoisotopic (exact) mass is 156 g/mol. The van der Waals surface area contributed by atoms with Gasteiger partial charge in [-0.15, -0.1) is 0 Å². The lowest BCUT2D eigenvalue weighted by Crippen LogP contribution is -2.49. The van der Waals surface area contributed by atoms with Gasteiger partial charge < -0.3 is 11.1 Å². The van der Waals surface area contributed by atoms with Gasteiger partial charge in [0, 0.05) is 18.1 Å². The summed E-state index contributed by atoms with van der Waals surface area (Å²) in [5.41, 5.74) is 5.96. The molecule has 0 radical (unpaired) electrons. The Kier molecular flexibility index (Phi) is 3.34. The second-order valence-corrected chi connectivity index (χ2v) is 3.88. The Morgan fingerprint density at radius 2 is 1.91 bits per heavy atom. The van der Waals surface area contributed by atoms with Gasteiger partial charge >= 0.3 is 0 Å². The van der Waals surface area contributed by atoms with Crippen molar-refractivity contribution in [3.63, 3.8) is 0 Å². The molecule has 0 aromatic heterocycles. The topological polar surface area (TPSA) is 38.0 Å². The maximum Gasteiger partial charge on any atom is 0.0221 e. The highest BCUT2D eigenvalue weighted by Crippen LogP contribution is 2.16. The minimum Gasteiger partial charge on any atom is -0.326 e. The quantitative estimate of drug-likeness (QED) is 0.631.